The fourth-order valence-electron chi connectivity index (χ4n) is 2.92. The maximum absolute atomic E-state index is 13.7. The molecule has 150 valence electrons. The third kappa shape index (κ3) is 4.02. The van der Waals surface area contributed by atoms with Gasteiger partial charge in [-0.2, -0.15) is 4.98 Å². The number of aromatic nitrogens is 3. The van der Waals surface area contributed by atoms with Gasteiger partial charge in [-0.1, -0.05) is 47.6 Å². The Bertz CT molecular complexity index is 1260. The van der Waals surface area contributed by atoms with E-state index in [4.69, 9.17) is 4.52 Å². The molecule has 30 heavy (non-hydrogen) atoms. The Morgan fingerprint density at radius 2 is 1.90 bits per heavy atom. The molecule has 0 unspecified atom stereocenters. The van der Waals surface area contributed by atoms with Gasteiger partial charge in [0, 0.05) is 17.3 Å². The Kier molecular flexibility index (Phi) is 5.21. The Balaban J connectivity index is 1.61. The number of hydrogen-bond acceptors (Lipinski definition) is 5. The predicted octanol–water partition coefficient (Wildman–Crippen LogP) is 3.65. The summed E-state index contributed by atoms with van der Waals surface area (Å²) in [6.07, 6.45) is 0. The molecule has 0 fully saturated rings. The molecular formula is C22H17FN4O3. The molecule has 8 heteroatoms. The van der Waals surface area contributed by atoms with Crippen LogP contribution in [0.1, 0.15) is 5.56 Å². The molecule has 0 radical (unpaired) electrons. The first-order valence-electron chi connectivity index (χ1n) is 9.16. The summed E-state index contributed by atoms with van der Waals surface area (Å²) in [6.45, 7) is 1.33. The predicted molar refractivity (Wildman–Crippen MR) is 109 cm³/mol. The molecule has 0 saturated carbocycles. The van der Waals surface area contributed by atoms with Crippen LogP contribution in [0.4, 0.5) is 10.1 Å². The molecule has 4 rings (SSSR count). The average molecular weight is 404 g/mol. The van der Waals surface area contributed by atoms with Gasteiger partial charge in [0.25, 0.3) is 11.4 Å². The lowest BCUT2D eigenvalue weighted by molar-refractivity contribution is -0.116. The first kappa shape index (κ1) is 19.3. The number of benzene rings is 2. The van der Waals surface area contributed by atoms with Gasteiger partial charge >= 0.3 is 0 Å². The number of pyridine rings is 1. The molecule has 7 nitrogen and oxygen atoms in total. The van der Waals surface area contributed by atoms with E-state index in [0.29, 0.717) is 22.8 Å². The standard InChI is InChI=1S/C22H17FN4O3/c1-14-10-11-16(12-17(14)23)24-19(28)13-27-18(8-5-9-20(27)29)22-25-21(26-30-22)15-6-3-2-4-7-15/h2-12H,13H2,1H3,(H,24,28). The van der Waals surface area contributed by atoms with Gasteiger partial charge in [-0.25, -0.2) is 4.39 Å². The fraction of sp³-hybridized carbons (Fsp3) is 0.0909. The minimum atomic E-state index is -0.490. The van der Waals surface area contributed by atoms with Gasteiger partial charge < -0.3 is 9.84 Å². The Morgan fingerprint density at radius 1 is 1.10 bits per heavy atom. The quantitative estimate of drug-likeness (QED) is 0.548. The van der Waals surface area contributed by atoms with Crippen molar-refractivity contribution in [3.05, 3.63) is 88.5 Å². The first-order valence-corrected chi connectivity index (χ1v) is 9.16. The van der Waals surface area contributed by atoms with Crippen LogP contribution >= 0.6 is 0 Å². The summed E-state index contributed by atoms with van der Waals surface area (Å²) < 4.78 is 20.3. The molecule has 0 spiro atoms. The summed E-state index contributed by atoms with van der Waals surface area (Å²) in [7, 11) is 0. The van der Waals surface area contributed by atoms with Crippen LogP contribution in [0.5, 0.6) is 0 Å². The van der Waals surface area contributed by atoms with E-state index in [1.54, 1.807) is 31.2 Å². The molecule has 0 aliphatic carbocycles. The average Bonchev–Trinajstić information content (AvgIpc) is 3.23. The minimum Gasteiger partial charge on any atom is -0.332 e. The number of hydrogen-bond donors (Lipinski definition) is 1. The molecule has 0 saturated heterocycles. The minimum absolute atomic E-state index is 0.112. The van der Waals surface area contributed by atoms with Gasteiger partial charge in [-0.3, -0.25) is 14.2 Å². The van der Waals surface area contributed by atoms with Gasteiger partial charge in [-0.15, -0.1) is 0 Å². The van der Waals surface area contributed by atoms with Crippen molar-refractivity contribution < 1.29 is 13.7 Å². The molecule has 2 aromatic carbocycles. The molecule has 0 bridgehead atoms. The van der Waals surface area contributed by atoms with Crippen molar-refractivity contribution in [1.82, 2.24) is 14.7 Å². The van der Waals surface area contributed by atoms with Crippen molar-refractivity contribution in [3.63, 3.8) is 0 Å². The highest BCUT2D eigenvalue weighted by Crippen LogP contribution is 2.21. The number of carbonyl (C=O) groups excluding carboxylic acids is 1. The zero-order chi connectivity index (χ0) is 21.1. The topological polar surface area (TPSA) is 90.0 Å². The van der Waals surface area contributed by atoms with E-state index in [1.807, 2.05) is 30.3 Å². The summed E-state index contributed by atoms with van der Waals surface area (Å²) in [5.41, 5.74) is 1.44. The second-order valence-corrected chi connectivity index (χ2v) is 6.64. The van der Waals surface area contributed by atoms with Crippen LogP contribution in [0, 0.1) is 12.7 Å². The Morgan fingerprint density at radius 3 is 2.67 bits per heavy atom. The highest BCUT2D eigenvalue weighted by molar-refractivity contribution is 5.90. The highest BCUT2D eigenvalue weighted by Gasteiger charge is 2.17. The summed E-state index contributed by atoms with van der Waals surface area (Å²) in [5.74, 6) is -0.436. The third-order valence-corrected chi connectivity index (χ3v) is 4.48. The van der Waals surface area contributed by atoms with Gasteiger partial charge in [0.05, 0.1) is 0 Å². The van der Waals surface area contributed by atoms with E-state index >= 15 is 0 Å². The number of amides is 1. The largest absolute Gasteiger partial charge is 0.332 e. The number of halogens is 1. The maximum atomic E-state index is 13.7. The Hall–Kier alpha value is -4.07. The fourth-order valence-corrected chi connectivity index (χ4v) is 2.92. The van der Waals surface area contributed by atoms with Crippen LogP contribution in [0.15, 0.2) is 76.0 Å². The first-order chi connectivity index (χ1) is 14.5. The van der Waals surface area contributed by atoms with Crippen molar-refractivity contribution in [2.24, 2.45) is 0 Å². The summed E-state index contributed by atoms with van der Waals surface area (Å²) in [4.78, 5) is 29.2. The molecule has 0 atom stereocenters. The molecule has 1 amide bonds. The summed E-state index contributed by atoms with van der Waals surface area (Å²) >= 11 is 0. The van der Waals surface area contributed by atoms with Crippen molar-refractivity contribution in [3.8, 4) is 23.0 Å². The normalized spacial score (nSPS) is 10.7. The SMILES string of the molecule is Cc1ccc(NC(=O)Cn2c(-c3nc(-c4ccccc4)no3)cccc2=O)cc1F. The van der Waals surface area contributed by atoms with E-state index in [1.165, 1.54) is 16.7 Å². The Labute approximate surface area is 170 Å². The highest BCUT2D eigenvalue weighted by atomic mass is 19.1. The van der Waals surface area contributed by atoms with Crippen LogP contribution in [-0.4, -0.2) is 20.6 Å². The van der Waals surface area contributed by atoms with Crippen LogP contribution in [0.2, 0.25) is 0 Å². The van der Waals surface area contributed by atoms with Crippen LogP contribution < -0.4 is 10.9 Å². The molecule has 2 aromatic heterocycles. The van der Waals surface area contributed by atoms with Gasteiger partial charge in [-0.05, 0) is 30.7 Å². The van der Waals surface area contributed by atoms with Gasteiger partial charge in [0.2, 0.25) is 11.7 Å². The number of anilines is 1. The number of aryl methyl sites for hydroxylation is 1. The summed E-state index contributed by atoms with van der Waals surface area (Å²) in [6, 6.07) is 18.1. The molecule has 2 heterocycles. The lowest BCUT2D eigenvalue weighted by Gasteiger charge is -2.10. The number of carbonyl (C=O) groups is 1. The monoisotopic (exact) mass is 404 g/mol. The van der Waals surface area contributed by atoms with E-state index < -0.39 is 17.3 Å². The van der Waals surface area contributed by atoms with E-state index in [2.05, 4.69) is 15.5 Å². The smallest absolute Gasteiger partial charge is 0.274 e. The molecule has 0 aliphatic rings. The van der Waals surface area contributed by atoms with Crippen LogP contribution in [0.3, 0.4) is 0 Å². The molecule has 0 aliphatic heterocycles. The van der Waals surface area contributed by atoms with Gasteiger partial charge in [0.1, 0.15) is 18.1 Å². The van der Waals surface area contributed by atoms with E-state index in [-0.39, 0.29) is 12.4 Å². The third-order valence-electron chi connectivity index (χ3n) is 4.48. The van der Waals surface area contributed by atoms with E-state index in [0.717, 1.165) is 5.56 Å². The van der Waals surface area contributed by atoms with Crippen LogP contribution in [-0.2, 0) is 11.3 Å². The number of nitrogens with one attached hydrogen (secondary N) is 1. The molecule has 1 N–H and O–H groups in total. The van der Waals surface area contributed by atoms with Gasteiger partial charge in [0.15, 0.2) is 0 Å². The van der Waals surface area contributed by atoms with Crippen molar-refractivity contribution >= 4 is 11.6 Å². The number of rotatable bonds is 5. The second kappa shape index (κ2) is 8.12. The number of nitrogens with zero attached hydrogens (tertiary/aromatic N) is 3. The zero-order valence-electron chi connectivity index (χ0n) is 16.0. The molecule has 4 aromatic rings. The van der Waals surface area contributed by atoms with Crippen molar-refractivity contribution in [1.29, 1.82) is 0 Å². The second-order valence-electron chi connectivity index (χ2n) is 6.64. The lowest BCUT2D eigenvalue weighted by Crippen LogP contribution is -2.28. The lowest BCUT2D eigenvalue weighted by atomic mass is 10.2. The van der Waals surface area contributed by atoms with Crippen molar-refractivity contribution in [2.75, 3.05) is 5.32 Å². The van der Waals surface area contributed by atoms with Crippen LogP contribution in [0.25, 0.3) is 23.0 Å². The van der Waals surface area contributed by atoms with E-state index in [9.17, 15) is 14.0 Å². The maximum Gasteiger partial charge on any atom is 0.274 e. The van der Waals surface area contributed by atoms with Crippen molar-refractivity contribution in [2.45, 2.75) is 13.5 Å². The zero-order valence-corrected chi connectivity index (χ0v) is 16.0. The molecular weight excluding hydrogens is 387 g/mol. The summed E-state index contributed by atoms with van der Waals surface area (Å²) in [5, 5.41) is 6.54.